The van der Waals surface area contributed by atoms with Crippen LogP contribution in [0.2, 0.25) is 5.02 Å². The SMILES string of the molecule is O=CC(c1ncc(F)c(Cl)c1F)C1CC1. The summed E-state index contributed by atoms with van der Waals surface area (Å²) in [5.74, 6) is -2.28. The average molecular weight is 232 g/mol. The summed E-state index contributed by atoms with van der Waals surface area (Å²) in [5, 5.41) is -0.590. The van der Waals surface area contributed by atoms with E-state index < -0.39 is 22.6 Å². The highest BCUT2D eigenvalue weighted by Crippen LogP contribution is 2.42. The molecule has 80 valence electrons. The number of halogens is 3. The second-order valence-electron chi connectivity index (χ2n) is 3.62. The first-order valence-electron chi connectivity index (χ1n) is 4.59. The second-order valence-corrected chi connectivity index (χ2v) is 4.00. The molecule has 0 amide bonds. The van der Waals surface area contributed by atoms with E-state index in [1.165, 1.54) is 0 Å². The Balaban J connectivity index is 2.42. The van der Waals surface area contributed by atoms with E-state index >= 15 is 0 Å². The fourth-order valence-corrected chi connectivity index (χ4v) is 1.69. The van der Waals surface area contributed by atoms with Gasteiger partial charge in [0.1, 0.15) is 11.3 Å². The Kier molecular flexibility index (Phi) is 2.69. The van der Waals surface area contributed by atoms with Gasteiger partial charge in [-0.1, -0.05) is 11.6 Å². The standard InChI is InChI=1S/C10H8ClF2NO/c11-8-7(12)3-14-10(9(8)13)6(4-15)5-1-2-5/h3-6H,1-2H2. The highest BCUT2D eigenvalue weighted by molar-refractivity contribution is 6.30. The summed E-state index contributed by atoms with van der Waals surface area (Å²) in [6, 6.07) is 0. The predicted molar refractivity (Wildman–Crippen MR) is 50.7 cm³/mol. The lowest BCUT2D eigenvalue weighted by molar-refractivity contribution is -0.109. The van der Waals surface area contributed by atoms with Gasteiger partial charge in [-0.2, -0.15) is 0 Å². The van der Waals surface area contributed by atoms with Crippen LogP contribution in [0.5, 0.6) is 0 Å². The van der Waals surface area contributed by atoms with Crippen molar-refractivity contribution in [3.05, 3.63) is 28.5 Å². The Hall–Kier alpha value is -1.03. The van der Waals surface area contributed by atoms with Gasteiger partial charge < -0.3 is 4.79 Å². The summed E-state index contributed by atoms with van der Waals surface area (Å²) in [6.45, 7) is 0. The van der Waals surface area contributed by atoms with Crippen LogP contribution in [-0.4, -0.2) is 11.3 Å². The summed E-state index contributed by atoms with van der Waals surface area (Å²) in [7, 11) is 0. The van der Waals surface area contributed by atoms with Gasteiger partial charge >= 0.3 is 0 Å². The third-order valence-corrected chi connectivity index (χ3v) is 2.88. The normalized spacial score (nSPS) is 17.5. The number of hydrogen-bond acceptors (Lipinski definition) is 2. The van der Waals surface area contributed by atoms with Gasteiger partial charge in [0.05, 0.1) is 17.8 Å². The molecule has 0 bridgehead atoms. The quantitative estimate of drug-likeness (QED) is 0.749. The number of aromatic nitrogens is 1. The molecular weight excluding hydrogens is 224 g/mol. The van der Waals surface area contributed by atoms with Gasteiger partial charge in [-0.15, -0.1) is 0 Å². The topological polar surface area (TPSA) is 30.0 Å². The Morgan fingerprint density at radius 2 is 2.20 bits per heavy atom. The van der Waals surface area contributed by atoms with E-state index in [9.17, 15) is 13.6 Å². The fourth-order valence-electron chi connectivity index (χ4n) is 1.54. The Bertz CT molecular complexity index is 407. The Morgan fingerprint density at radius 3 is 2.73 bits per heavy atom. The van der Waals surface area contributed by atoms with Gasteiger partial charge in [-0.05, 0) is 18.8 Å². The summed E-state index contributed by atoms with van der Waals surface area (Å²) < 4.78 is 26.3. The maximum Gasteiger partial charge on any atom is 0.166 e. The Labute approximate surface area is 90.3 Å². The van der Waals surface area contributed by atoms with Crippen molar-refractivity contribution in [2.75, 3.05) is 0 Å². The van der Waals surface area contributed by atoms with E-state index in [0.29, 0.717) is 6.29 Å². The highest BCUT2D eigenvalue weighted by Gasteiger charge is 2.35. The molecule has 0 aliphatic heterocycles. The van der Waals surface area contributed by atoms with Crippen LogP contribution in [0.4, 0.5) is 8.78 Å². The number of hydrogen-bond donors (Lipinski definition) is 0. The zero-order valence-electron chi connectivity index (χ0n) is 7.71. The molecular formula is C10H8ClF2NO. The van der Waals surface area contributed by atoms with Gasteiger partial charge in [-0.3, -0.25) is 4.98 Å². The number of rotatable bonds is 3. The fraction of sp³-hybridized carbons (Fsp3) is 0.400. The van der Waals surface area contributed by atoms with Crippen molar-refractivity contribution in [1.29, 1.82) is 0 Å². The molecule has 1 aromatic rings. The molecule has 1 aromatic heterocycles. The molecule has 1 aliphatic carbocycles. The average Bonchev–Trinajstić information content (AvgIpc) is 3.03. The predicted octanol–water partition coefficient (Wildman–Crippen LogP) is 2.71. The number of aldehydes is 1. The Morgan fingerprint density at radius 1 is 1.53 bits per heavy atom. The van der Waals surface area contributed by atoms with E-state index in [4.69, 9.17) is 11.6 Å². The molecule has 0 aromatic carbocycles. The number of carbonyl (C=O) groups excluding carboxylic acids is 1. The van der Waals surface area contributed by atoms with Crippen molar-refractivity contribution in [2.24, 2.45) is 5.92 Å². The third-order valence-electron chi connectivity index (χ3n) is 2.54. The monoisotopic (exact) mass is 231 g/mol. The minimum absolute atomic E-state index is 0.0427. The van der Waals surface area contributed by atoms with Crippen LogP contribution in [0, 0.1) is 17.6 Å². The molecule has 1 unspecified atom stereocenters. The molecule has 0 radical (unpaired) electrons. The lowest BCUT2D eigenvalue weighted by Gasteiger charge is -2.09. The molecule has 1 fully saturated rings. The first-order chi connectivity index (χ1) is 7.15. The van der Waals surface area contributed by atoms with Crippen molar-refractivity contribution < 1.29 is 13.6 Å². The van der Waals surface area contributed by atoms with Crippen LogP contribution in [0.15, 0.2) is 6.20 Å². The van der Waals surface area contributed by atoms with Crippen molar-refractivity contribution in [2.45, 2.75) is 18.8 Å². The van der Waals surface area contributed by atoms with Gasteiger partial charge in [0.2, 0.25) is 0 Å². The molecule has 15 heavy (non-hydrogen) atoms. The van der Waals surface area contributed by atoms with Crippen LogP contribution in [0.3, 0.4) is 0 Å². The zero-order chi connectivity index (χ0) is 11.0. The molecule has 2 nitrogen and oxygen atoms in total. The van der Waals surface area contributed by atoms with Gasteiger partial charge in [0.25, 0.3) is 0 Å². The van der Waals surface area contributed by atoms with Gasteiger partial charge in [0.15, 0.2) is 11.6 Å². The molecule has 5 heteroatoms. The third kappa shape index (κ3) is 1.86. The van der Waals surface area contributed by atoms with Crippen molar-refractivity contribution >= 4 is 17.9 Å². The molecule has 1 atom stereocenters. The molecule has 0 N–H and O–H groups in total. The lowest BCUT2D eigenvalue weighted by atomic mass is 10.0. The van der Waals surface area contributed by atoms with E-state index in [0.717, 1.165) is 19.0 Å². The summed E-state index contributed by atoms with van der Waals surface area (Å²) in [4.78, 5) is 14.4. The minimum atomic E-state index is -0.916. The van der Waals surface area contributed by atoms with E-state index in [1.54, 1.807) is 0 Å². The largest absolute Gasteiger partial charge is 0.303 e. The van der Waals surface area contributed by atoms with Crippen molar-refractivity contribution in [3.8, 4) is 0 Å². The van der Waals surface area contributed by atoms with Crippen molar-refractivity contribution in [3.63, 3.8) is 0 Å². The molecule has 0 spiro atoms. The van der Waals surface area contributed by atoms with Crippen LogP contribution in [0.1, 0.15) is 24.5 Å². The van der Waals surface area contributed by atoms with Crippen molar-refractivity contribution in [1.82, 2.24) is 4.98 Å². The molecule has 2 rings (SSSR count). The smallest absolute Gasteiger partial charge is 0.166 e. The van der Waals surface area contributed by atoms with E-state index in [2.05, 4.69) is 4.98 Å². The van der Waals surface area contributed by atoms with Crippen LogP contribution in [-0.2, 0) is 4.79 Å². The van der Waals surface area contributed by atoms with E-state index in [-0.39, 0.29) is 11.6 Å². The maximum atomic E-state index is 13.5. The molecule has 1 aliphatic rings. The summed E-state index contributed by atoms with van der Waals surface area (Å²) in [6.07, 6.45) is 3.25. The molecule has 1 heterocycles. The minimum Gasteiger partial charge on any atom is -0.303 e. The summed E-state index contributed by atoms with van der Waals surface area (Å²) >= 11 is 5.40. The first kappa shape index (κ1) is 10.5. The molecule has 1 saturated carbocycles. The maximum absolute atomic E-state index is 13.5. The second kappa shape index (κ2) is 3.85. The number of pyridine rings is 1. The highest BCUT2D eigenvalue weighted by atomic mass is 35.5. The molecule has 0 saturated heterocycles. The van der Waals surface area contributed by atoms with Crippen LogP contribution < -0.4 is 0 Å². The van der Waals surface area contributed by atoms with Crippen LogP contribution >= 0.6 is 11.6 Å². The first-order valence-corrected chi connectivity index (χ1v) is 4.97. The zero-order valence-corrected chi connectivity index (χ0v) is 8.47. The van der Waals surface area contributed by atoms with E-state index in [1.807, 2.05) is 0 Å². The lowest BCUT2D eigenvalue weighted by Crippen LogP contribution is -2.09. The number of carbonyl (C=O) groups is 1. The van der Waals surface area contributed by atoms with Crippen LogP contribution in [0.25, 0.3) is 0 Å². The number of nitrogens with zero attached hydrogens (tertiary/aromatic N) is 1. The van der Waals surface area contributed by atoms with Gasteiger partial charge in [0, 0.05) is 0 Å². The summed E-state index contributed by atoms with van der Waals surface area (Å²) in [5.41, 5.74) is -0.0427. The van der Waals surface area contributed by atoms with Gasteiger partial charge in [-0.25, -0.2) is 8.78 Å².